The number of nitrogens with zero attached hydrogens (tertiary/aromatic N) is 1. The Morgan fingerprint density at radius 1 is 1.00 bits per heavy atom. The summed E-state index contributed by atoms with van der Waals surface area (Å²) in [5.41, 5.74) is 1.70. The van der Waals surface area contributed by atoms with Crippen molar-refractivity contribution in [1.29, 1.82) is 0 Å². The lowest BCUT2D eigenvalue weighted by Crippen LogP contribution is -2.43. The zero-order valence-corrected chi connectivity index (χ0v) is 19.9. The van der Waals surface area contributed by atoms with Gasteiger partial charge in [0.1, 0.15) is 23.9 Å². The zero-order valence-electron chi connectivity index (χ0n) is 19.1. The topological polar surface area (TPSA) is 57.2 Å². The molecular weight excluding hydrogens is 461 g/mol. The standard InChI is InChI=1S/C26H25ClFNO5/c1-31-17-7-9-18(10-8-17)34-15-22-19-14-24(33-3)23(32-2)13-16(19)11-12-29(22)26(30)25-20(27)5-4-6-21(25)28/h4-10,13-14,22H,11-12,15H2,1-3H3/t22-/m0/s1. The second-order valence-electron chi connectivity index (χ2n) is 7.75. The minimum absolute atomic E-state index is 0.0675. The van der Waals surface area contributed by atoms with Crippen molar-refractivity contribution in [2.75, 3.05) is 34.5 Å². The maximum atomic E-state index is 14.6. The number of carbonyl (C=O) groups excluding carboxylic acids is 1. The number of ether oxygens (including phenoxy) is 4. The smallest absolute Gasteiger partial charge is 0.259 e. The van der Waals surface area contributed by atoms with Crippen LogP contribution in [-0.4, -0.2) is 45.3 Å². The van der Waals surface area contributed by atoms with E-state index < -0.39 is 17.8 Å². The van der Waals surface area contributed by atoms with E-state index in [4.69, 9.17) is 30.5 Å². The van der Waals surface area contributed by atoms with Crippen LogP contribution < -0.4 is 18.9 Å². The molecule has 0 radical (unpaired) electrons. The van der Waals surface area contributed by atoms with Gasteiger partial charge in [0.2, 0.25) is 0 Å². The van der Waals surface area contributed by atoms with E-state index in [1.54, 1.807) is 50.5 Å². The first-order chi connectivity index (χ1) is 16.5. The normalized spacial score (nSPS) is 14.9. The van der Waals surface area contributed by atoms with Gasteiger partial charge in [0.05, 0.1) is 38.0 Å². The van der Waals surface area contributed by atoms with Crippen LogP contribution in [0.25, 0.3) is 0 Å². The number of amides is 1. The Balaban J connectivity index is 1.72. The Bertz CT molecular complexity index is 1160. The number of methoxy groups -OCH3 is 3. The van der Waals surface area contributed by atoms with E-state index >= 15 is 0 Å². The number of fused-ring (bicyclic) bond motifs is 1. The van der Waals surface area contributed by atoms with Gasteiger partial charge in [-0.1, -0.05) is 17.7 Å². The van der Waals surface area contributed by atoms with Gasteiger partial charge in [-0.25, -0.2) is 4.39 Å². The third-order valence-corrected chi connectivity index (χ3v) is 6.22. The second-order valence-corrected chi connectivity index (χ2v) is 8.16. The fourth-order valence-electron chi connectivity index (χ4n) is 4.14. The van der Waals surface area contributed by atoms with Crippen LogP contribution in [0.1, 0.15) is 27.5 Å². The van der Waals surface area contributed by atoms with Crippen molar-refractivity contribution in [3.8, 4) is 23.0 Å². The molecule has 1 amide bonds. The highest BCUT2D eigenvalue weighted by Crippen LogP contribution is 2.39. The summed E-state index contributed by atoms with van der Waals surface area (Å²) in [7, 11) is 4.72. The lowest BCUT2D eigenvalue weighted by molar-refractivity contribution is 0.0584. The molecule has 1 aliphatic rings. The van der Waals surface area contributed by atoms with Crippen molar-refractivity contribution in [2.24, 2.45) is 0 Å². The molecular formula is C26H25ClFNO5. The first-order valence-corrected chi connectivity index (χ1v) is 11.1. The predicted molar refractivity (Wildman–Crippen MR) is 127 cm³/mol. The van der Waals surface area contributed by atoms with E-state index in [2.05, 4.69) is 0 Å². The number of hydrogen-bond acceptors (Lipinski definition) is 5. The van der Waals surface area contributed by atoms with Gasteiger partial charge in [-0.05, 0) is 66.1 Å². The third kappa shape index (κ3) is 4.61. The van der Waals surface area contributed by atoms with E-state index in [1.807, 2.05) is 12.1 Å². The van der Waals surface area contributed by atoms with E-state index in [0.717, 1.165) is 11.1 Å². The molecule has 3 aromatic carbocycles. The number of hydrogen-bond donors (Lipinski definition) is 0. The molecule has 0 saturated heterocycles. The average molecular weight is 486 g/mol. The van der Waals surface area contributed by atoms with Gasteiger partial charge >= 0.3 is 0 Å². The van der Waals surface area contributed by atoms with Crippen LogP contribution in [0.5, 0.6) is 23.0 Å². The van der Waals surface area contributed by atoms with Gasteiger partial charge in [-0.2, -0.15) is 0 Å². The van der Waals surface area contributed by atoms with Crippen LogP contribution in [-0.2, 0) is 6.42 Å². The summed E-state index contributed by atoms with van der Waals surface area (Å²) < 4.78 is 36.8. The molecule has 1 atom stereocenters. The third-order valence-electron chi connectivity index (χ3n) is 5.91. The van der Waals surface area contributed by atoms with E-state index in [1.165, 1.54) is 18.2 Å². The Kier molecular flexibility index (Phi) is 7.12. The predicted octanol–water partition coefficient (Wildman–Crippen LogP) is 5.32. The highest BCUT2D eigenvalue weighted by atomic mass is 35.5. The molecule has 0 bridgehead atoms. The maximum absolute atomic E-state index is 14.6. The molecule has 0 saturated carbocycles. The van der Waals surface area contributed by atoms with E-state index in [9.17, 15) is 9.18 Å². The summed E-state index contributed by atoms with van der Waals surface area (Å²) in [5.74, 6) is 1.31. The lowest BCUT2D eigenvalue weighted by Gasteiger charge is -2.38. The molecule has 0 aromatic heterocycles. The van der Waals surface area contributed by atoms with Gasteiger partial charge < -0.3 is 23.8 Å². The van der Waals surface area contributed by atoms with Crippen molar-refractivity contribution < 1.29 is 28.1 Å². The Hall–Kier alpha value is -3.45. The summed E-state index contributed by atoms with van der Waals surface area (Å²) in [6, 6.07) is 14.6. The molecule has 0 fully saturated rings. The molecule has 0 N–H and O–H groups in total. The van der Waals surface area contributed by atoms with Crippen LogP contribution in [0.3, 0.4) is 0 Å². The SMILES string of the molecule is COc1ccc(OC[C@H]2c3cc(OC)c(OC)cc3CCN2C(=O)c2c(F)cccc2Cl)cc1. The first kappa shape index (κ1) is 23.7. The molecule has 0 aliphatic carbocycles. The van der Waals surface area contributed by atoms with E-state index in [-0.39, 0.29) is 17.2 Å². The fraction of sp³-hybridized carbons (Fsp3) is 0.269. The van der Waals surface area contributed by atoms with Gasteiger partial charge in [0, 0.05) is 6.54 Å². The second kappa shape index (κ2) is 10.2. The number of carbonyl (C=O) groups is 1. The van der Waals surface area contributed by atoms with Crippen molar-refractivity contribution >= 4 is 17.5 Å². The molecule has 4 rings (SSSR count). The Labute approximate surface area is 202 Å². The minimum atomic E-state index is -0.662. The molecule has 178 valence electrons. The zero-order chi connectivity index (χ0) is 24.2. The van der Waals surface area contributed by atoms with Crippen molar-refractivity contribution in [1.82, 2.24) is 4.90 Å². The summed E-state index contributed by atoms with van der Waals surface area (Å²) in [5, 5.41) is 0.0675. The highest BCUT2D eigenvalue weighted by molar-refractivity contribution is 6.33. The average Bonchev–Trinajstić information content (AvgIpc) is 2.86. The van der Waals surface area contributed by atoms with Crippen LogP contribution >= 0.6 is 11.6 Å². The van der Waals surface area contributed by atoms with E-state index in [0.29, 0.717) is 36.0 Å². The summed E-state index contributed by atoms with van der Waals surface area (Å²) in [6.07, 6.45) is 0.562. The lowest BCUT2D eigenvalue weighted by atomic mass is 9.91. The van der Waals surface area contributed by atoms with Crippen molar-refractivity contribution in [3.05, 3.63) is 82.1 Å². The van der Waals surface area contributed by atoms with Gasteiger partial charge in [-0.15, -0.1) is 0 Å². The van der Waals surface area contributed by atoms with Crippen LogP contribution in [0, 0.1) is 5.82 Å². The summed E-state index contributed by atoms with van der Waals surface area (Å²) in [6.45, 7) is 0.509. The molecule has 1 aliphatic heterocycles. The monoisotopic (exact) mass is 485 g/mol. The number of rotatable bonds is 7. The maximum Gasteiger partial charge on any atom is 0.259 e. The largest absolute Gasteiger partial charge is 0.497 e. The Morgan fingerprint density at radius 2 is 1.68 bits per heavy atom. The summed E-state index contributed by atoms with van der Waals surface area (Å²) >= 11 is 6.21. The molecule has 3 aromatic rings. The number of benzene rings is 3. The quantitative estimate of drug-likeness (QED) is 0.453. The van der Waals surface area contributed by atoms with Crippen LogP contribution in [0.4, 0.5) is 4.39 Å². The molecule has 1 heterocycles. The molecule has 0 unspecified atom stereocenters. The summed E-state index contributed by atoms with van der Waals surface area (Å²) in [4.78, 5) is 15.1. The fourth-order valence-corrected chi connectivity index (χ4v) is 4.39. The molecule has 6 nitrogen and oxygen atoms in total. The van der Waals surface area contributed by atoms with Crippen LogP contribution in [0.2, 0.25) is 5.02 Å². The Morgan fingerprint density at radius 3 is 2.32 bits per heavy atom. The van der Waals surface area contributed by atoms with Crippen LogP contribution in [0.15, 0.2) is 54.6 Å². The van der Waals surface area contributed by atoms with Gasteiger partial charge in [0.15, 0.2) is 11.5 Å². The highest BCUT2D eigenvalue weighted by Gasteiger charge is 2.35. The van der Waals surface area contributed by atoms with Crippen molar-refractivity contribution in [3.63, 3.8) is 0 Å². The number of halogens is 2. The van der Waals surface area contributed by atoms with Crippen molar-refractivity contribution in [2.45, 2.75) is 12.5 Å². The van der Waals surface area contributed by atoms with Gasteiger partial charge in [0.25, 0.3) is 5.91 Å². The molecule has 0 spiro atoms. The first-order valence-electron chi connectivity index (χ1n) is 10.7. The molecule has 34 heavy (non-hydrogen) atoms. The minimum Gasteiger partial charge on any atom is -0.497 e. The molecule has 8 heteroatoms. The van der Waals surface area contributed by atoms with Gasteiger partial charge in [-0.3, -0.25) is 4.79 Å².